The fourth-order valence-electron chi connectivity index (χ4n) is 3.42. The molecule has 1 amide bonds. The molecule has 0 radical (unpaired) electrons. The van der Waals surface area contributed by atoms with Crippen molar-refractivity contribution in [2.45, 2.75) is 13.1 Å². The monoisotopic (exact) mass is 437 g/mol. The molecule has 1 aromatic heterocycles. The zero-order chi connectivity index (χ0) is 22.8. The van der Waals surface area contributed by atoms with Crippen LogP contribution in [-0.4, -0.2) is 27.6 Å². The predicted molar refractivity (Wildman–Crippen MR) is 114 cm³/mol. The fraction of sp³-hybridized carbons (Fsp3) is 0.125. The number of aromatic nitrogens is 2. The van der Waals surface area contributed by atoms with Gasteiger partial charge in [-0.25, -0.2) is 17.9 Å². The Bertz CT molecular complexity index is 1380. The number of amides is 1. The van der Waals surface area contributed by atoms with E-state index in [1.807, 2.05) is 0 Å². The number of likely N-dealkylation sites (N-methyl/N-ethyl adjacent to an activating group) is 1. The van der Waals surface area contributed by atoms with E-state index in [1.54, 1.807) is 42.5 Å². The lowest BCUT2D eigenvalue weighted by Gasteiger charge is -2.18. The highest BCUT2D eigenvalue weighted by Crippen LogP contribution is 2.26. The molecule has 0 saturated heterocycles. The second-order valence-corrected chi connectivity index (χ2v) is 7.33. The van der Waals surface area contributed by atoms with E-state index in [9.17, 15) is 22.8 Å². The molecule has 0 aliphatic rings. The molecule has 1 heterocycles. The number of halogens is 3. The average Bonchev–Trinajstić information content (AvgIpc) is 2.79. The lowest BCUT2D eigenvalue weighted by molar-refractivity contribution is -0.131. The Morgan fingerprint density at radius 1 is 0.906 bits per heavy atom. The molecule has 162 valence electrons. The van der Waals surface area contributed by atoms with Crippen molar-refractivity contribution in [3.8, 4) is 11.3 Å². The standard InChI is InChI=1S/C24H18F3N3O2/c1-29(13-16-6-2-5-9-19(16)25)22(31)14-30-24(32)18-8-4-3-7-17(18)23(28-30)15-10-11-20(26)21(27)12-15/h2-12H,13-14H2,1H3. The SMILES string of the molecule is CN(Cc1ccccc1F)C(=O)Cn1nc(-c2ccc(F)c(F)c2)c2ccccc2c1=O. The van der Waals surface area contributed by atoms with Crippen LogP contribution in [0.5, 0.6) is 0 Å². The summed E-state index contributed by atoms with van der Waals surface area (Å²) in [6, 6.07) is 16.0. The van der Waals surface area contributed by atoms with Crippen LogP contribution in [0.1, 0.15) is 5.56 Å². The molecule has 5 nitrogen and oxygen atoms in total. The molecule has 0 saturated carbocycles. The Kier molecular flexibility index (Phi) is 5.77. The van der Waals surface area contributed by atoms with Gasteiger partial charge in [0.25, 0.3) is 5.56 Å². The minimum absolute atomic E-state index is 0.0177. The third-order valence-corrected chi connectivity index (χ3v) is 5.14. The third-order valence-electron chi connectivity index (χ3n) is 5.14. The summed E-state index contributed by atoms with van der Waals surface area (Å²) < 4.78 is 42.2. The Labute approximate surface area is 181 Å². The third kappa shape index (κ3) is 4.12. The second kappa shape index (κ2) is 8.66. The number of hydrogen-bond acceptors (Lipinski definition) is 3. The summed E-state index contributed by atoms with van der Waals surface area (Å²) in [5, 5.41) is 5.02. The summed E-state index contributed by atoms with van der Waals surface area (Å²) >= 11 is 0. The maximum Gasteiger partial charge on any atom is 0.275 e. The highest BCUT2D eigenvalue weighted by molar-refractivity contribution is 5.93. The largest absolute Gasteiger partial charge is 0.340 e. The number of nitrogens with zero attached hydrogens (tertiary/aromatic N) is 3. The van der Waals surface area contributed by atoms with E-state index in [2.05, 4.69) is 5.10 Å². The van der Waals surface area contributed by atoms with Gasteiger partial charge in [-0.1, -0.05) is 36.4 Å². The lowest BCUT2D eigenvalue weighted by Crippen LogP contribution is -2.35. The van der Waals surface area contributed by atoms with E-state index in [-0.39, 0.29) is 23.2 Å². The van der Waals surface area contributed by atoms with Crippen LogP contribution in [-0.2, 0) is 17.9 Å². The van der Waals surface area contributed by atoms with Gasteiger partial charge in [-0.15, -0.1) is 0 Å². The van der Waals surface area contributed by atoms with Gasteiger partial charge in [0.05, 0.1) is 11.1 Å². The van der Waals surface area contributed by atoms with Crippen molar-refractivity contribution in [1.82, 2.24) is 14.7 Å². The molecule has 0 fully saturated rings. The molecule has 32 heavy (non-hydrogen) atoms. The van der Waals surface area contributed by atoms with Crippen molar-refractivity contribution in [3.05, 3.63) is 100 Å². The normalized spacial score (nSPS) is 11.0. The van der Waals surface area contributed by atoms with Gasteiger partial charge in [0.1, 0.15) is 12.4 Å². The van der Waals surface area contributed by atoms with Gasteiger partial charge >= 0.3 is 0 Å². The summed E-state index contributed by atoms with van der Waals surface area (Å²) in [5.41, 5.74) is 0.342. The highest BCUT2D eigenvalue weighted by Gasteiger charge is 2.18. The first kappa shape index (κ1) is 21.3. The topological polar surface area (TPSA) is 55.2 Å². The fourth-order valence-corrected chi connectivity index (χ4v) is 3.42. The Morgan fingerprint density at radius 2 is 1.59 bits per heavy atom. The minimum atomic E-state index is -1.05. The van der Waals surface area contributed by atoms with E-state index >= 15 is 0 Å². The zero-order valence-corrected chi connectivity index (χ0v) is 17.1. The highest BCUT2D eigenvalue weighted by atomic mass is 19.2. The molecule has 0 atom stereocenters. The predicted octanol–water partition coefficient (Wildman–Crippen LogP) is 4.14. The van der Waals surface area contributed by atoms with E-state index in [0.29, 0.717) is 10.9 Å². The van der Waals surface area contributed by atoms with Gasteiger partial charge in [0.15, 0.2) is 11.6 Å². The van der Waals surface area contributed by atoms with Crippen molar-refractivity contribution in [2.75, 3.05) is 7.05 Å². The maximum absolute atomic E-state index is 13.9. The first-order valence-corrected chi connectivity index (χ1v) is 9.78. The molecule has 0 N–H and O–H groups in total. The van der Waals surface area contributed by atoms with Crippen LogP contribution in [0.4, 0.5) is 13.2 Å². The van der Waals surface area contributed by atoms with E-state index < -0.39 is 35.5 Å². The summed E-state index contributed by atoms with van der Waals surface area (Å²) in [6.45, 7) is -0.380. The molecule has 0 bridgehead atoms. The van der Waals surface area contributed by atoms with Gasteiger partial charge in [-0.2, -0.15) is 5.10 Å². The number of carbonyl (C=O) groups is 1. The van der Waals surface area contributed by atoms with Crippen molar-refractivity contribution < 1.29 is 18.0 Å². The van der Waals surface area contributed by atoms with Crippen LogP contribution in [0, 0.1) is 17.5 Å². The summed E-state index contributed by atoms with van der Waals surface area (Å²) in [4.78, 5) is 27.0. The number of carbonyl (C=O) groups excluding carboxylic acids is 1. The second-order valence-electron chi connectivity index (χ2n) is 7.33. The Balaban J connectivity index is 1.72. The quantitative estimate of drug-likeness (QED) is 0.472. The maximum atomic E-state index is 13.9. The van der Waals surface area contributed by atoms with Crippen molar-refractivity contribution in [1.29, 1.82) is 0 Å². The Hall–Kier alpha value is -3.94. The van der Waals surface area contributed by atoms with Crippen molar-refractivity contribution >= 4 is 16.7 Å². The van der Waals surface area contributed by atoms with Crippen LogP contribution in [0.2, 0.25) is 0 Å². The van der Waals surface area contributed by atoms with Gasteiger partial charge in [0, 0.05) is 30.1 Å². The Morgan fingerprint density at radius 3 is 2.31 bits per heavy atom. The molecule has 8 heteroatoms. The van der Waals surface area contributed by atoms with Crippen LogP contribution < -0.4 is 5.56 Å². The van der Waals surface area contributed by atoms with Crippen molar-refractivity contribution in [2.24, 2.45) is 0 Å². The van der Waals surface area contributed by atoms with E-state index in [0.717, 1.165) is 16.8 Å². The molecule has 0 aliphatic heterocycles. The minimum Gasteiger partial charge on any atom is -0.340 e. The van der Waals surface area contributed by atoms with Gasteiger partial charge in [-0.3, -0.25) is 9.59 Å². The molecular weight excluding hydrogens is 419 g/mol. The molecule has 0 aliphatic carbocycles. The van der Waals surface area contributed by atoms with Gasteiger partial charge in [-0.05, 0) is 30.3 Å². The summed E-state index contributed by atoms with van der Waals surface area (Å²) in [7, 11) is 1.50. The summed E-state index contributed by atoms with van der Waals surface area (Å²) in [6.07, 6.45) is 0. The van der Waals surface area contributed by atoms with Gasteiger partial charge < -0.3 is 4.90 Å². The average molecular weight is 437 g/mol. The zero-order valence-electron chi connectivity index (χ0n) is 17.1. The van der Waals surface area contributed by atoms with Gasteiger partial charge in [0.2, 0.25) is 5.91 Å². The molecule has 4 rings (SSSR count). The first-order valence-electron chi connectivity index (χ1n) is 9.78. The van der Waals surface area contributed by atoms with E-state index in [4.69, 9.17) is 0 Å². The van der Waals surface area contributed by atoms with E-state index in [1.165, 1.54) is 24.1 Å². The van der Waals surface area contributed by atoms with Crippen LogP contribution >= 0.6 is 0 Å². The van der Waals surface area contributed by atoms with Crippen LogP contribution in [0.3, 0.4) is 0 Å². The molecule has 0 unspecified atom stereocenters. The number of rotatable bonds is 5. The molecular formula is C24H18F3N3O2. The first-order chi connectivity index (χ1) is 15.3. The molecule has 3 aromatic carbocycles. The number of benzene rings is 3. The van der Waals surface area contributed by atoms with Crippen LogP contribution in [0.15, 0.2) is 71.5 Å². The number of hydrogen-bond donors (Lipinski definition) is 0. The van der Waals surface area contributed by atoms with Crippen molar-refractivity contribution in [3.63, 3.8) is 0 Å². The summed E-state index contributed by atoms with van der Waals surface area (Å²) in [5.74, 6) is -2.95. The molecule has 4 aromatic rings. The smallest absolute Gasteiger partial charge is 0.275 e. The van der Waals surface area contributed by atoms with Crippen LogP contribution in [0.25, 0.3) is 22.0 Å². The lowest BCUT2D eigenvalue weighted by atomic mass is 10.0. The number of fused-ring (bicyclic) bond motifs is 1. The molecule has 0 spiro atoms.